The third-order valence-electron chi connectivity index (χ3n) is 2.15. The molecule has 0 rings (SSSR count). The molecule has 0 unspecified atom stereocenters. The van der Waals surface area contributed by atoms with Crippen molar-refractivity contribution in [1.29, 1.82) is 0 Å². The van der Waals surface area contributed by atoms with Crippen molar-refractivity contribution >= 4 is 5.78 Å². The lowest BCUT2D eigenvalue weighted by Gasteiger charge is -2.20. The zero-order chi connectivity index (χ0) is 11.5. The minimum absolute atomic E-state index is 0.229. The molecule has 0 aliphatic rings. The van der Waals surface area contributed by atoms with Gasteiger partial charge in [-0.15, -0.1) is 0 Å². The summed E-state index contributed by atoms with van der Waals surface area (Å²) in [6.45, 7) is 7.21. The van der Waals surface area contributed by atoms with E-state index < -0.39 is 0 Å². The molecule has 0 fully saturated rings. The summed E-state index contributed by atoms with van der Waals surface area (Å²) < 4.78 is 0. The van der Waals surface area contributed by atoms with Crippen molar-refractivity contribution in [3.63, 3.8) is 0 Å². The van der Waals surface area contributed by atoms with Crippen LogP contribution < -0.4 is 16.8 Å². The fraction of sp³-hybridized carbons (Fsp3) is 0.900. The normalized spacial score (nSPS) is 10.9. The Hall–Kier alpha value is -0.490. The molecule has 90 valence electrons. The lowest BCUT2D eigenvalue weighted by atomic mass is 10.3. The number of nitrogens with zero attached hydrogens (tertiary/aromatic N) is 1. The van der Waals surface area contributed by atoms with E-state index in [0.717, 1.165) is 32.7 Å². The van der Waals surface area contributed by atoms with Gasteiger partial charge < -0.3 is 21.7 Å². The molecule has 0 amide bonds. The van der Waals surface area contributed by atoms with Gasteiger partial charge in [0, 0.05) is 52.2 Å². The Morgan fingerprint density at radius 2 is 1.87 bits per heavy atom. The molecule has 5 nitrogen and oxygen atoms in total. The summed E-state index contributed by atoms with van der Waals surface area (Å²) in [6, 6.07) is 0. The van der Waals surface area contributed by atoms with Crippen molar-refractivity contribution in [2.45, 2.75) is 13.3 Å². The van der Waals surface area contributed by atoms with E-state index in [-0.39, 0.29) is 5.78 Å². The fourth-order valence-corrected chi connectivity index (χ4v) is 1.30. The first-order valence-corrected chi connectivity index (χ1v) is 5.53. The van der Waals surface area contributed by atoms with Gasteiger partial charge in [-0.05, 0) is 6.92 Å². The second-order valence-corrected chi connectivity index (χ2v) is 3.62. The van der Waals surface area contributed by atoms with Crippen LogP contribution in [-0.4, -0.2) is 56.5 Å². The van der Waals surface area contributed by atoms with Gasteiger partial charge >= 0.3 is 0 Å². The predicted molar refractivity (Wildman–Crippen MR) is 62.7 cm³/mol. The van der Waals surface area contributed by atoms with Crippen LogP contribution in [-0.2, 0) is 4.79 Å². The van der Waals surface area contributed by atoms with E-state index in [9.17, 15) is 4.79 Å². The molecule has 0 atom stereocenters. The highest BCUT2D eigenvalue weighted by Crippen LogP contribution is 1.91. The van der Waals surface area contributed by atoms with Gasteiger partial charge in [-0.3, -0.25) is 4.79 Å². The Bertz CT molecular complexity index is 164. The van der Waals surface area contributed by atoms with Crippen LogP contribution in [0.2, 0.25) is 0 Å². The topological polar surface area (TPSA) is 84.4 Å². The van der Waals surface area contributed by atoms with Crippen molar-refractivity contribution in [2.24, 2.45) is 11.5 Å². The van der Waals surface area contributed by atoms with E-state index in [0.29, 0.717) is 19.5 Å². The number of Topliss-reactive ketones (excluding diaryl/α,β-unsaturated/α-hetero) is 1. The maximum atomic E-state index is 10.8. The minimum Gasteiger partial charge on any atom is -0.329 e. The summed E-state index contributed by atoms with van der Waals surface area (Å²) in [5.41, 5.74) is 10.9. The molecule has 0 heterocycles. The van der Waals surface area contributed by atoms with Crippen molar-refractivity contribution in [2.75, 3.05) is 45.8 Å². The summed E-state index contributed by atoms with van der Waals surface area (Å²) in [4.78, 5) is 13.0. The Morgan fingerprint density at radius 1 is 1.13 bits per heavy atom. The molecule has 0 aromatic rings. The van der Waals surface area contributed by atoms with E-state index in [1.165, 1.54) is 0 Å². The first kappa shape index (κ1) is 14.5. The minimum atomic E-state index is 0.229. The zero-order valence-corrected chi connectivity index (χ0v) is 9.67. The standard InChI is InChI=1S/C10H24N4O/c1-10(15)2-7-14(8-4-12)9-6-13-5-3-11/h13H,2-9,11-12H2,1H3. The second-order valence-electron chi connectivity index (χ2n) is 3.62. The van der Waals surface area contributed by atoms with E-state index >= 15 is 0 Å². The van der Waals surface area contributed by atoms with Gasteiger partial charge in [0.15, 0.2) is 0 Å². The number of carbonyl (C=O) groups is 1. The largest absolute Gasteiger partial charge is 0.329 e. The van der Waals surface area contributed by atoms with E-state index in [1.54, 1.807) is 6.92 Å². The SMILES string of the molecule is CC(=O)CCN(CCN)CCNCCN. The van der Waals surface area contributed by atoms with Crippen LogP contribution in [0.15, 0.2) is 0 Å². The number of rotatable bonds is 10. The van der Waals surface area contributed by atoms with Gasteiger partial charge in [-0.1, -0.05) is 0 Å². The quantitative estimate of drug-likeness (QED) is 0.398. The summed E-state index contributed by atoms with van der Waals surface area (Å²) in [5.74, 6) is 0.229. The summed E-state index contributed by atoms with van der Waals surface area (Å²) in [7, 11) is 0. The van der Waals surface area contributed by atoms with Crippen LogP contribution in [0, 0.1) is 0 Å². The lowest BCUT2D eigenvalue weighted by Crippen LogP contribution is -2.37. The molecule has 0 spiro atoms. The molecular formula is C10H24N4O. The third-order valence-corrected chi connectivity index (χ3v) is 2.15. The molecule has 0 bridgehead atoms. The van der Waals surface area contributed by atoms with Gasteiger partial charge in [0.05, 0.1) is 0 Å². The molecular weight excluding hydrogens is 192 g/mol. The fourth-order valence-electron chi connectivity index (χ4n) is 1.30. The number of ketones is 1. The van der Waals surface area contributed by atoms with Gasteiger partial charge in [0.25, 0.3) is 0 Å². The van der Waals surface area contributed by atoms with E-state index in [2.05, 4.69) is 10.2 Å². The van der Waals surface area contributed by atoms with Crippen LogP contribution in [0.5, 0.6) is 0 Å². The molecule has 0 saturated heterocycles. The monoisotopic (exact) mass is 216 g/mol. The van der Waals surface area contributed by atoms with Crippen molar-refractivity contribution in [1.82, 2.24) is 10.2 Å². The molecule has 5 N–H and O–H groups in total. The van der Waals surface area contributed by atoms with Crippen molar-refractivity contribution in [3.8, 4) is 0 Å². The summed E-state index contributed by atoms with van der Waals surface area (Å²) >= 11 is 0. The Balaban J connectivity index is 3.57. The Morgan fingerprint density at radius 3 is 2.40 bits per heavy atom. The second kappa shape index (κ2) is 10.0. The first-order valence-electron chi connectivity index (χ1n) is 5.53. The predicted octanol–water partition coefficient (Wildman–Crippen LogP) is -1.23. The van der Waals surface area contributed by atoms with Crippen LogP contribution in [0.1, 0.15) is 13.3 Å². The van der Waals surface area contributed by atoms with Crippen LogP contribution in [0.4, 0.5) is 0 Å². The van der Waals surface area contributed by atoms with Gasteiger partial charge in [0.1, 0.15) is 5.78 Å². The van der Waals surface area contributed by atoms with Gasteiger partial charge in [0.2, 0.25) is 0 Å². The summed E-state index contributed by atoms with van der Waals surface area (Å²) in [5, 5.41) is 3.22. The Kier molecular flexibility index (Phi) is 9.71. The number of hydrogen-bond donors (Lipinski definition) is 3. The first-order chi connectivity index (χ1) is 7.20. The maximum absolute atomic E-state index is 10.8. The summed E-state index contributed by atoms with van der Waals surface area (Å²) in [6.07, 6.45) is 0.608. The molecule has 0 aliphatic heterocycles. The molecule has 0 radical (unpaired) electrons. The van der Waals surface area contributed by atoms with Crippen molar-refractivity contribution < 1.29 is 4.79 Å². The van der Waals surface area contributed by atoms with E-state index in [1.807, 2.05) is 0 Å². The smallest absolute Gasteiger partial charge is 0.131 e. The molecule has 15 heavy (non-hydrogen) atoms. The number of carbonyl (C=O) groups excluding carboxylic acids is 1. The number of nitrogens with two attached hydrogens (primary N) is 2. The Labute approximate surface area is 92.2 Å². The number of hydrogen-bond acceptors (Lipinski definition) is 5. The van der Waals surface area contributed by atoms with Crippen LogP contribution in [0.25, 0.3) is 0 Å². The van der Waals surface area contributed by atoms with Crippen LogP contribution >= 0.6 is 0 Å². The molecule has 0 aromatic heterocycles. The molecule has 0 aliphatic carbocycles. The zero-order valence-electron chi connectivity index (χ0n) is 9.67. The average molecular weight is 216 g/mol. The lowest BCUT2D eigenvalue weighted by molar-refractivity contribution is -0.117. The van der Waals surface area contributed by atoms with Gasteiger partial charge in [-0.2, -0.15) is 0 Å². The molecule has 5 heteroatoms. The van der Waals surface area contributed by atoms with E-state index in [4.69, 9.17) is 11.5 Å². The highest BCUT2D eigenvalue weighted by molar-refractivity contribution is 5.75. The highest BCUT2D eigenvalue weighted by Gasteiger charge is 2.04. The molecule has 0 aromatic carbocycles. The third kappa shape index (κ3) is 9.81. The average Bonchev–Trinajstić information content (AvgIpc) is 2.20. The van der Waals surface area contributed by atoms with Gasteiger partial charge in [-0.25, -0.2) is 0 Å². The van der Waals surface area contributed by atoms with Crippen LogP contribution in [0.3, 0.4) is 0 Å². The molecule has 0 saturated carbocycles. The van der Waals surface area contributed by atoms with Crippen molar-refractivity contribution in [3.05, 3.63) is 0 Å². The number of nitrogens with one attached hydrogen (secondary N) is 1. The highest BCUT2D eigenvalue weighted by atomic mass is 16.1. The maximum Gasteiger partial charge on any atom is 0.131 e.